The molecule has 1 aliphatic carbocycles. The minimum absolute atomic E-state index is 0.0364. The van der Waals surface area contributed by atoms with Crippen molar-refractivity contribution in [3.05, 3.63) is 52.4 Å². The summed E-state index contributed by atoms with van der Waals surface area (Å²) in [6.07, 6.45) is 7.49. The Kier molecular flexibility index (Phi) is 10.7. The zero-order valence-electron chi connectivity index (χ0n) is 26.0. The smallest absolute Gasteiger partial charge is 0.229 e. The maximum atomic E-state index is 12.7. The molecule has 0 radical (unpaired) electrons. The lowest BCUT2D eigenvalue weighted by Crippen LogP contribution is -2.43. The second kappa shape index (κ2) is 14.4. The standard InChI is InChI=1S/C26H28N6O3.C5H12.C2H6/c1-16(33)21-12-17-15-28-26(30-25(17)32(21)19-4-2-3-5-19)29-18-6-7-20-22(34)14-24(35-23(20)13-18)31-10-8-27-9-11-31;1-4-5(2)3;1-2/h6-7,12-15,19,27H,2-5,8-11H2,1H3,(H,28,29,30);5H,4H2,1-3H3;1-2H3. The molecule has 1 saturated carbocycles. The average molecular weight is 575 g/mol. The van der Waals surface area contributed by atoms with Crippen molar-refractivity contribution in [1.82, 2.24) is 19.9 Å². The summed E-state index contributed by atoms with van der Waals surface area (Å²) in [6, 6.07) is 9.15. The van der Waals surface area contributed by atoms with Gasteiger partial charge in [0.2, 0.25) is 5.95 Å². The van der Waals surface area contributed by atoms with Gasteiger partial charge in [-0.15, -0.1) is 0 Å². The number of nitrogens with zero attached hydrogens (tertiary/aromatic N) is 4. The Morgan fingerprint density at radius 3 is 2.45 bits per heavy atom. The molecule has 0 spiro atoms. The first-order chi connectivity index (χ1) is 20.3. The molecular formula is C33H46N6O3. The fraction of sp³-hybridized carbons (Fsp3) is 0.515. The third kappa shape index (κ3) is 7.18. The molecule has 0 atom stereocenters. The van der Waals surface area contributed by atoms with Gasteiger partial charge in [-0.3, -0.25) is 9.59 Å². The van der Waals surface area contributed by atoms with E-state index in [1.54, 1.807) is 25.3 Å². The van der Waals surface area contributed by atoms with Crippen molar-refractivity contribution in [2.75, 3.05) is 36.4 Å². The summed E-state index contributed by atoms with van der Waals surface area (Å²) in [7, 11) is 0. The van der Waals surface area contributed by atoms with Crippen LogP contribution in [0.2, 0.25) is 0 Å². The van der Waals surface area contributed by atoms with Gasteiger partial charge in [-0.1, -0.05) is 53.9 Å². The van der Waals surface area contributed by atoms with E-state index < -0.39 is 0 Å². The summed E-state index contributed by atoms with van der Waals surface area (Å²) >= 11 is 0. The lowest BCUT2D eigenvalue weighted by atomic mass is 10.2. The van der Waals surface area contributed by atoms with Crippen LogP contribution in [0.1, 0.15) is 90.2 Å². The van der Waals surface area contributed by atoms with Crippen LogP contribution in [0.5, 0.6) is 0 Å². The molecule has 3 aromatic heterocycles. The monoisotopic (exact) mass is 574 g/mol. The van der Waals surface area contributed by atoms with Gasteiger partial charge in [-0.2, -0.15) is 4.98 Å². The Labute approximate surface area is 248 Å². The van der Waals surface area contributed by atoms with Gasteiger partial charge in [0.05, 0.1) is 11.1 Å². The fourth-order valence-electron chi connectivity index (χ4n) is 5.26. The number of Topliss-reactive ketones (excluding diaryl/α,β-unsaturated/α-hetero) is 1. The highest BCUT2D eigenvalue weighted by Gasteiger charge is 2.24. The molecular weight excluding hydrogens is 528 g/mol. The van der Waals surface area contributed by atoms with Gasteiger partial charge >= 0.3 is 0 Å². The molecule has 4 heterocycles. The lowest BCUT2D eigenvalue weighted by Gasteiger charge is -2.27. The Hall–Kier alpha value is -3.72. The van der Waals surface area contributed by atoms with E-state index in [4.69, 9.17) is 9.40 Å². The molecule has 2 N–H and O–H groups in total. The van der Waals surface area contributed by atoms with E-state index in [-0.39, 0.29) is 17.3 Å². The van der Waals surface area contributed by atoms with Crippen LogP contribution in [0.25, 0.3) is 22.0 Å². The number of benzene rings is 1. The molecule has 4 aromatic rings. The predicted octanol–water partition coefficient (Wildman–Crippen LogP) is 7.09. The van der Waals surface area contributed by atoms with Gasteiger partial charge < -0.3 is 24.5 Å². The Balaban J connectivity index is 0.000000526. The van der Waals surface area contributed by atoms with E-state index in [1.807, 2.05) is 32.0 Å². The van der Waals surface area contributed by atoms with E-state index in [9.17, 15) is 9.59 Å². The second-order valence-electron chi connectivity index (χ2n) is 11.2. The van der Waals surface area contributed by atoms with Crippen LogP contribution in [-0.2, 0) is 0 Å². The van der Waals surface area contributed by atoms with Gasteiger partial charge in [0.15, 0.2) is 17.1 Å². The van der Waals surface area contributed by atoms with Crippen LogP contribution in [0.15, 0.2) is 45.7 Å². The Morgan fingerprint density at radius 2 is 1.81 bits per heavy atom. The van der Waals surface area contributed by atoms with Crippen molar-refractivity contribution in [1.29, 1.82) is 0 Å². The number of anilines is 3. The van der Waals surface area contributed by atoms with Gasteiger partial charge in [-0.25, -0.2) is 4.98 Å². The highest BCUT2D eigenvalue weighted by molar-refractivity contribution is 5.98. The zero-order valence-corrected chi connectivity index (χ0v) is 26.0. The Morgan fingerprint density at radius 1 is 1.12 bits per heavy atom. The lowest BCUT2D eigenvalue weighted by molar-refractivity contribution is 0.100. The summed E-state index contributed by atoms with van der Waals surface area (Å²) in [5.74, 6) is 1.94. The number of piperazine rings is 1. The van der Waals surface area contributed by atoms with Crippen LogP contribution >= 0.6 is 0 Å². The molecule has 42 heavy (non-hydrogen) atoms. The first-order valence-electron chi connectivity index (χ1n) is 15.5. The van der Waals surface area contributed by atoms with Gasteiger partial charge in [-0.05, 0) is 37.0 Å². The molecule has 0 unspecified atom stereocenters. The number of aromatic nitrogens is 3. The van der Waals surface area contributed by atoms with Gasteiger partial charge in [0, 0.05) is 68.5 Å². The summed E-state index contributed by atoms with van der Waals surface area (Å²) < 4.78 is 8.22. The SMILES string of the molecule is CC.CC(=O)c1cc2cnc(Nc3ccc4c(=O)cc(N5CCNCC5)oc4c3)nc2n1C1CCCC1.CCC(C)C. The molecule has 2 aliphatic rings. The number of nitrogens with one attached hydrogen (secondary N) is 2. The molecule has 1 aliphatic heterocycles. The van der Waals surface area contributed by atoms with Crippen molar-refractivity contribution in [2.24, 2.45) is 5.92 Å². The third-order valence-corrected chi connectivity index (χ3v) is 7.84. The number of hydrogen-bond acceptors (Lipinski definition) is 8. The van der Waals surface area contributed by atoms with Crippen LogP contribution in [0.3, 0.4) is 0 Å². The summed E-state index contributed by atoms with van der Waals surface area (Å²) in [6.45, 7) is 15.6. The Bertz CT molecular complexity index is 1540. The fourth-order valence-corrected chi connectivity index (χ4v) is 5.26. The highest BCUT2D eigenvalue weighted by atomic mass is 16.4. The van der Waals surface area contributed by atoms with Crippen molar-refractivity contribution in [3.8, 4) is 0 Å². The van der Waals surface area contributed by atoms with Crippen molar-refractivity contribution >= 4 is 45.3 Å². The van der Waals surface area contributed by atoms with E-state index in [0.717, 1.165) is 74.5 Å². The third-order valence-electron chi connectivity index (χ3n) is 7.84. The molecule has 1 saturated heterocycles. The molecule has 1 aromatic carbocycles. The summed E-state index contributed by atoms with van der Waals surface area (Å²) in [4.78, 5) is 36.4. The maximum Gasteiger partial charge on any atom is 0.229 e. The molecule has 6 rings (SSSR count). The number of carbonyl (C=O) groups excluding carboxylic acids is 1. The minimum atomic E-state index is -0.0600. The van der Waals surface area contributed by atoms with Crippen molar-refractivity contribution < 1.29 is 9.21 Å². The van der Waals surface area contributed by atoms with Crippen LogP contribution < -0.4 is 21.0 Å². The van der Waals surface area contributed by atoms with Crippen molar-refractivity contribution in [2.45, 2.75) is 79.7 Å². The first-order valence-corrected chi connectivity index (χ1v) is 15.5. The molecule has 2 fully saturated rings. The van der Waals surface area contributed by atoms with E-state index in [1.165, 1.54) is 6.42 Å². The molecule has 9 heteroatoms. The van der Waals surface area contributed by atoms with E-state index >= 15 is 0 Å². The van der Waals surface area contributed by atoms with Gasteiger partial charge in [0.25, 0.3) is 0 Å². The van der Waals surface area contributed by atoms with Gasteiger partial charge in [0.1, 0.15) is 11.2 Å². The number of carbonyl (C=O) groups is 1. The molecule has 9 nitrogen and oxygen atoms in total. The maximum absolute atomic E-state index is 12.7. The topological polar surface area (TPSA) is 105 Å². The van der Waals surface area contributed by atoms with Crippen LogP contribution in [0.4, 0.5) is 17.5 Å². The number of rotatable bonds is 6. The predicted molar refractivity (Wildman–Crippen MR) is 172 cm³/mol. The summed E-state index contributed by atoms with van der Waals surface area (Å²) in [5.41, 5.74) is 2.64. The van der Waals surface area contributed by atoms with E-state index in [2.05, 4.69) is 45.9 Å². The quantitative estimate of drug-likeness (QED) is 0.235. The molecule has 226 valence electrons. The number of hydrogen-bond donors (Lipinski definition) is 2. The second-order valence-corrected chi connectivity index (χ2v) is 11.2. The average Bonchev–Trinajstić information content (AvgIpc) is 3.67. The molecule has 0 bridgehead atoms. The first kappa shape index (κ1) is 31.2. The largest absolute Gasteiger partial charge is 0.440 e. The van der Waals surface area contributed by atoms with E-state index in [0.29, 0.717) is 28.5 Å². The van der Waals surface area contributed by atoms with Crippen LogP contribution in [0, 0.1) is 5.92 Å². The molecule has 0 amide bonds. The van der Waals surface area contributed by atoms with Crippen LogP contribution in [-0.4, -0.2) is 46.5 Å². The number of fused-ring (bicyclic) bond motifs is 2. The zero-order chi connectivity index (χ0) is 30.2. The summed E-state index contributed by atoms with van der Waals surface area (Å²) in [5, 5.41) is 7.96. The van der Waals surface area contributed by atoms with Crippen molar-refractivity contribution in [3.63, 3.8) is 0 Å². The normalized spacial score (nSPS) is 15.4. The number of ketones is 1. The highest BCUT2D eigenvalue weighted by Crippen LogP contribution is 2.35. The minimum Gasteiger partial charge on any atom is -0.440 e.